The number of carbonyl (C=O) groups excluding carboxylic acids is 1. The van der Waals surface area contributed by atoms with E-state index in [1.165, 1.54) is 0 Å². The summed E-state index contributed by atoms with van der Waals surface area (Å²) in [5.74, 6) is -1.49. The average Bonchev–Trinajstić information content (AvgIpc) is 2.15. The fourth-order valence-electron chi connectivity index (χ4n) is 1.32. The Morgan fingerprint density at radius 1 is 1.24 bits per heavy atom. The molecular formula is C12H23NO4. The number of carboxylic acid groups (broad SMARTS) is 1. The van der Waals surface area contributed by atoms with E-state index >= 15 is 0 Å². The number of hydrogen-bond donors (Lipinski definition) is 3. The minimum Gasteiger partial charge on any atom is -0.481 e. The normalized spacial score (nSPS) is 15.5. The van der Waals surface area contributed by atoms with Crippen LogP contribution in [0, 0.1) is 11.3 Å². The monoisotopic (exact) mass is 245 g/mol. The van der Waals surface area contributed by atoms with Crippen LogP contribution >= 0.6 is 0 Å². The molecule has 5 heteroatoms. The molecule has 0 spiro atoms. The van der Waals surface area contributed by atoms with Crippen LogP contribution in [0.1, 0.15) is 41.0 Å². The highest BCUT2D eigenvalue weighted by atomic mass is 16.4. The quantitative estimate of drug-likeness (QED) is 0.652. The standard InChI is InChI=1S/C12H23NO4/c1-8(2)12(5,10(16)17)6-9(15)13-11(3,4)7-14/h8,14H,6-7H2,1-5H3,(H,13,15)(H,16,17). The number of aliphatic hydroxyl groups is 1. The molecule has 0 aliphatic carbocycles. The van der Waals surface area contributed by atoms with Crippen LogP contribution in [0.2, 0.25) is 0 Å². The zero-order valence-corrected chi connectivity index (χ0v) is 11.2. The van der Waals surface area contributed by atoms with Crippen molar-refractivity contribution in [1.29, 1.82) is 0 Å². The number of amides is 1. The lowest BCUT2D eigenvalue weighted by Crippen LogP contribution is -2.49. The maximum atomic E-state index is 11.8. The molecule has 1 amide bonds. The molecule has 0 radical (unpaired) electrons. The molecule has 0 aromatic heterocycles. The Kier molecular flexibility index (Phi) is 5.13. The van der Waals surface area contributed by atoms with Crippen LogP contribution in [-0.4, -0.2) is 34.2 Å². The molecule has 1 atom stereocenters. The van der Waals surface area contributed by atoms with E-state index in [9.17, 15) is 14.7 Å². The largest absolute Gasteiger partial charge is 0.481 e. The zero-order chi connectivity index (χ0) is 13.9. The lowest BCUT2D eigenvalue weighted by Gasteiger charge is -2.31. The molecule has 17 heavy (non-hydrogen) atoms. The van der Waals surface area contributed by atoms with Crippen LogP contribution in [0.25, 0.3) is 0 Å². The van der Waals surface area contributed by atoms with E-state index in [0.717, 1.165) is 0 Å². The fourth-order valence-corrected chi connectivity index (χ4v) is 1.32. The molecule has 0 aromatic carbocycles. The minimum absolute atomic E-state index is 0.0938. The molecule has 0 aliphatic heterocycles. The maximum Gasteiger partial charge on any atom is 0.310 e. The van der Waals surface area contributed by atoms with E-state index in [0.29, 0.717) is 0 Å². The number of carbonyl (C=O) groups is 2. The van der Waals surface area contributed by atoms with E-state index < -0.39 is 16.9 Å². The Hall–Kier alpha value is -1.10. The average molecular weight is 245 g/mol. The van der Waals surface area contributed by atoms with Crippen LogP contribution < -0.4 is 5.32 Å². The van der Waals surface area contributed by atoms with Crippen molar-refractivity contribution in [3.8, 4) is 0 Å². The van der Waals surface area contributed by atoms with Gasteiger partial charge in [0.1, 0.15) is 0 Å². The lowest BCUT2D eigenvalue weighted by molar-refractivity contribution is -0.154. The summed E-state index contributed by atoms with van der Waals surface area (Å²) in [6.07, 6.45) is -0.0938. The topological polar surface area (TPSA) is 86.6 Å². The summed E-state index contributed by atoms with van der Waals surface area (Å²) < 4.78 is 0. The smallest absolute Gasteiger partial charge is 0.310 e. The van der Waals surface area contributed by atoms with E-state index in [-0.39, 0.29) is 24.9 Å². The van der Waals surface area contributed by atoms with Gasteiger partial charge in [-0.05, 0) is 26.7 Å². The lowest BCUT2D eigenvalue weighted by atomic mass is 9.76. The molecule has 1 unspecified atom stereocenters. The second-order valence-electron chi connectivity index (χ2n) is 5.64. The molecule has 100 valence electrons. The zero-order valence-electron chi connectivity index (χ0n) is 11.2. The van der Waals surface area contributed by atoms with Crippen molar-refractivity contribution in [2.24, 2.45) is 11.3 Å². The van der Waals surface area contributed by atoms with Gasteiger partial charge in [-0.25, -0.2) is 0 Å². The number of nitrogens with one attached hydrogen (secondary N) is 1. The summed E-state index contributed by atoms with van der Waals surface area (Å²) in [7, 11) is 0. The number of aliphatic carboxylic acids is 1. The van der Waals surface area contributed by atoms with Crippen molar-refractivity contribution >= 4 is 11.9 Å². The van der Waals surface area contributed by atoms with Gasteiger partial charge in [0.25, 0.3) is 0 Å². The highest BCUT2D eigenvalue weighted by Crippen LogP contribution is 2.31. The molecule has 3 N–H and O–H groups in total. The first-order valence-corrected chi connectivity index (χ1v) is 5.70. The first-order chi connectivity index (χ1) is 7.55. The van der Waals surface area contributed by atoms with Crippen molar-refractivity contribution in [2.75, 3.05) is 6.61 Å². The summed E-state index contributed by atoms with van der Waals surface area (Å²) in [5, 5.41) is 20.8. The Balaban J connectivity index is 4.71. The molecular weight excluding hydrogens is 222 g/mol. The summed E-state index contributed by atoms with van der Waals surface area (Å²) >= 11 is 0. The first kappa shape index (κ1) is 15.9. The molecule has 0 heterocycles. The molecule has 0 rings (SSSR count). The third-order valence-corrected chi connectivity index (χ3v) is 3.16. The van der Waals surface area contributed by atoms with Gasteiger partial charge in [0.2, 0.25) is 5.91 Å². The molecule has 0 saturated carbocycles. The third kappa shape index (κ3) is 4.34. The van der Waals surface area contributed by atoms with Crippen LogP contribution in [0.3, 0.4) is 0 Å². The summed E-state index contributed by atoms with van der Waals surface area (Å²) in [6.45, 7) is 8.28. The molecule has 5 nitrogen and oxygen atoms in total. The maximum absolute atomic E-state index is 11.8. The van der Waals surface area contributed by atoms with Crippen LogP contribution in [-0.2, 0) is 9.59 Å². The van der Waals surface area contributed by atoms with Crippen molar-refractivity contribution in [2.45, 2.75) is 46.6 Å². The summed E-state index contributed by atoms with van der Waals surface area (Å²) in [5.41, 5.74) is -1.82. The third-order valence-electron chi connectivity index (χ3n) is 3.16. The van der Waals surface area contributed by atoms with Gasteiger partial charge >= 0.3 is 5.97 Å². The van der Waals surface area contributed by atoms with Crippen LogP contribution in [0.5, 0.6) is 0 Å². The molecule has 0 saturated heterocycles. The fraction of sp³-hybridized carbons (Fsp3) is 0.833. The van der Waals surface area contributed by atoms with Gasteiger partial charge in [0.05, 0.1) is 17.6 Å². The van der Waals surface area contributed by atoms with E-state index in [1.807, 2.05) is 0 Å². The van der Waals surface area contributed by atoms with Gasteiger partial charge in [0, 0.05) is 6.42 Å². The highest BCUT2D eigenvalue weighted by Gasteiger charge is 2.39. The van der Waals surface area contributed by atoms with Crippen LogP contribution in [0.4, 0.5) is 0 Å². The Bertz CT molecular complexity index is 299. The van der Waals surface area contributed by atoms with E-state index in [2.05, 4.69) is 5.32 Å². The van der Waals surface area contributed by atoms with E-state index in [4.69, 9.17) is 5.11 Å². The van der Waals surface area contributed by atoms with Gasteiger partial charge in [-0.1, -0.05) is 13.8 Å². The van der Waals surface area contributed by atoms with Crippen molar-refractivity contribution < 1.29 is 19.8 Å². The molecule has 0 bridgehead atoms. The Labute approximate surface area is 102 Å². The summed E-state index contributed by atoms with van der Waals surface area (Å²) in [4.78, 5) is 23.0. The number of rotatable bonds is 6. The van der Waals surface area contributed by atoms with Gasteiger partial charge in [0.15, 0.2) is 0 Å². The van der Waals surface area contributed by atoms with E-state index in [1.54, 1.807) is 34.6 Å². The number of carboxylic acids is 1. The SMILES string of the molecule is CC(C)C(C)(CC(=O)NC(C)(C)CO)C(=O)O. The second-order valence-corrected chi connectivity index (χ2v) is 5.64. The highest BCUT2D eigenvalue weighted by molar-refractivity contribution is 5.85. The number of hydrogen-bond acceptors (Lipinski definition) is 3. The van der Waals surface area contributed by atoms with Gasteiger partial charge in [-0.3, -0.25) is 9.59 Å². The van der Waals surface area contributed by atoms with Crippen molar-refractivity contribution in [3.05, 3.63) is 0 Å². The Morgan fingerprint density at radius 3 is 2.00 bits per heavy atom. The van der Waals surface area contributed by atoms with Gasteiger partial charge in [-0.2, -0.15) is 0 Å². The first-order valence-electron chi connectivity index (χ1n) is 5.70. The van der Waals surface area contributed by atoms with Gasteiger partial charge in [-0.15, -0.1) is 0 Å². The van der Waals surface area contributed by atoms with Crippen LogP contribution in [0.15, 0.2) is 0 Å². The van der Waals surface area contributed by atoms with Gasteiger partial charge < -0.3 is 15.5 Å². The van der Waals surface area contributed by atoms with Crippen molar-refractivity contribution in [3.63, 3.8) is 0 Å². The predicted octanol–water partition coefficient (Wildman–Crippen LogP) is 1.01. The molecule has 0 fully saturated rings. The molecule has 0 aromatic rings. The minimum atomic E-state index is -1.09. The number of aliphatic hydroxyl groups excluding tert-OH is 1. The second kappa shape index (κ2) is 5.49. The predicted molar refractivity (Wildman–Crippen MR) is 64.5 cm³/mol. The Morgan fingerprint density at radius 2 is 1.71 bits per heavy atom. The molecule has 0 aliphatic rings. The van der Waals surface area contributed by atoms with Crippen molar-refractivity contribution in [1.82, 2.24) is 5.32 Å². The summed E-state index contributed by atoms with van der Waals surface area (Å²) in [6, 6.07) is 0.